The van der Waals surface area contributed by atoms with Gasteiger partial charge in [-0.25, -0.2) is 0 Å². The number of hydrogen-bond donors (Lipinski definition) is 0. The van der Waals surface area contributed by atoms with Crippen molar-refractivity contribution in [2.24, 2.45) is 0 Å². The minimum atomic E-state index is -1.88. The molecular formula is C19H32GeO2. The van der Waals surface area contributed by atoms with Gasteiger partial charge in [-0.3, -0.25) is 0 Å². The molecule has 0 aromatic heterocycles. The van der Waals surface area contributed by atoms with Gasteiger partial charge in [0.15, 0.2) is 0 Å². The first-order valence-electron chi connectivity index (χ1n) is 8.58. The average Bonchev–Trinajstić information content (AvgIpc) is 2.46. The van der Waals surface area contributed by atoms with Gasteiger partial charge in [0.25, 0.3) is 0 Å². The molecule has 2 unspecified atom stereocenters. The molecule has 2 atom stereocenters. The number of hydrogen-bond acceptors (Lipinski definition) is 2. The van der Waals surface area contributed by atoms with Crippen molar-refractivity contribution in [2.45, 2.75) is 74.3 Å². The van der Waals surface area contributed by atoms with Gasteiger partial charge in [0.1, 0.15) is 0 Å². The van der Waals surface area contributed by atoms with Crippen molar-refractivity contribution in [3.05, 3.63) is 35.9 Å². The monoisotopic (exact) mass is 366 g/mol. The topological polar surface area (TPSA) is 26.3 Å². The van der Waals surface area contributed by atoms with Crippen molar-refractivity contribution < 1.29 is 9.53 Å². The number of carbonyl (C=O) groups excluding carboxylic acids is 1. The summed E-state index contributed by atoms with van der Waals surface area (Å²) in [4.78, 5) is 12.7. The van der Waals surface area contributed by atoms with E-state index in [4.69, 9.17) is 4.74 Å². The van der Waals surface area contributed by atoms with E-state index in [0.717, 1.165) is 12.0 Å². The van der Waals surface area contributed by atoms with Gasteiger partial charge in [-0.1, -0.05) is 0 Å². The third-order valence-electron chi connectivity index (χ3n) is 4.00. The molecular weight excluding hydrogens is 333 g/mol. The van der Waals surface area contributed by atoms with Crippen LogP contribution in [0.15, 0.2) is 30.3 Å². The predicted molar refractivity (Wildman–Crippen MR) is 97.2 cm³/mol. The number of ketones is 1. The molecule has 1 aromatic rings. The molecule has 0 amide bonds. The number of carbonyl (C=O) groups is 1. The Morgan fingerprint density at radius 1 is 1.14 bits per heavy atom. The zero-order valence-electron chi connectivity index (χ0n) is 14.9. The van der Waals surface area contributed by atoms with Crippen LogP contribution in [0.2, 0.25) is 17.3 Å². The van der Waals surface area contributed by atoms with E-state index in [-0.39, 0.29) is 11.9 Å². The third-order valence-corrected chi connectivity index (χ3v) is 8.95. The van der Waals surface area contributed by atoms with Crippen LogP contribution in [0.25, 0.3) is 0 Å². The Kier molecular flexibility index (Phi) is 8.41. The zero-order valence-corrected chi connectivity index (χ0v) is 17.0. The molecule has 1 rings (SSSR count). The van der Waals surface area contributed by atoms with E-state index in [9.17, 15) is 4.79 Å². The summed E-state index contributed by atoms with van der Waals surface area (Å²) in [6, 6.07) is 9.53. The van der Waals surface area contributed by atoms with Crippen LogP contribution < -0.4 is 0 Å². The van der Waals surface area contributed by atoms with Gasteiger partial charge < -0.3 is 0 Å². The van der Waals surface area contributed by atoms with E-state index >= 15 is 0 Å². The van der Waals surface area contributed by atoms with E-state index in [2.05, 4.69) is 24.2 Å². The Morgan fingerprint density at radius 2 is 1.77 bits per heavy atom. The summed E-state index contributed by atoms with van der Waals surface area (Å²) in [5.74, 6) is 7.40. The summed E-state index contributed by atoms with van der Waals surface area (Å²) in [6.07, 6.45) is 5.39. The summed E-state index contributed by atoms with van der Waals surface area (Å²) in [5.41, 5.74) is 0.790. The molecule has 0 fully saturated rings. The second-order valence-electron chi connectivity index (χ2n) is 7.29. The fraction of sp³-hybridized carbons (Fsp3) is 0.632. The Hall–Kier alpha value is -0.607. The number of Topliss-reactive ketones (excluding diaryl/α,β-unsaturated/α-hetero) is 1. The standard InChI is InChI=1S/C19H32GeO2/c1-6-7-9-14-19(20(3,4)5)22-16(2)15-18(21)17-12-10-8-11-13-17/h8,10-13,16,19H,6-7,9,14-15H2,1-5H3. The molecule has 0 saturated heterocycles. The Labute approximate surface area is 139 Å². The molecule has 0 bridgehead atoms. The number of rotatable bonds is 10. The predicted octanol–water partition coefficient (Wildman–Crippen LogP) is 5.49. The molecule has 0 aliphatic heterocycles. The van der Waals surface area contributed by atoms with Crippen molar-refractivity contribution in [1.82, 2.24) is 0 Å². The normalized spacial score (nSPS) is 14.6. The second-order valence-corrected chi connectivity index (χ2v) is 18.6. The molecule has 0 spiro atoms. The van der Waals surface area contributed by atoms with Crippen LogP contribution in [-0.2, 0) is 4.74 Å². The molecule has 2 nitrogen and oxygen atoms in total. The Morgan fingerprint density at radius 3 is 2.32 bits per heavy atom. The quantitative estimate of drug-likeness (QED) is 0.311. The zero-order chi connectivity index (χ0) is 16.6. The third kappa shape index (κ3) is 7.10. The fourth-order valence-corrected chi connectivity index (χ4v) is 6.21. The van der Waals surface area contributed by atoms with Gasteiger partial charge in [-0.2, -0.15) is 0 Å². The summed E-state index contributed by atoms with van der Waals surface area (Å²) >= 11 is -1.88. The Bertz CT molecular complexity index is 436. The van der Waals surface area contributed by atoms with Gasteiger partial charge in [0.2, 0.25) is 0 Å². The van der Waals surface area contributed by atoms with Crippen molar-refractivity contribution in [1.29, 1.82) is 0 Å². The maximum atomic E-state index is 12.3. The van der Waals surface area contributed by atoms with Crippen molar-refractivity contribution in [2.75, 3.05) is 0 Å². The van der Waals surface area contributed by atoms with Gasteiger partial charge in [0, 0.05) is 0 Å². The first-order valence-corrected chi connectivity index (χ1v) is 16.1. The average molecular weight is 365 g/mol. The molecule has 0 heterocycles. The molecule has 0 aliphatic carbocycles. The van der Waals surface area contributed by atoms with Crippen LogP contribution >= 0.6 is 0 Å². The van der Waals surface area contributed by atoms with E-state index in [1.807, 2.05) is 37.3 Å². The van der Waals surface area contributed by atoms with Crippen molar-refractivity contribution >= 4 is 19.0 Å². The number of benzene rings is 1. The summed E-state index contributed by atoms with van der Waals surface area (Å²) in [5, 5.41) is 0. The SMILES string of the molecule is CCCCC[CH](OC(C)CC(=O)c1ccccc1)[Ge]([CH3])([CH3])[CH3]. The van der Waals surface area contributed by atoms with Crippen LogP contribution in [0.4, 0.5) is 0 Å². The molecule has 1 aromatic carbocycles. The van der Waals surface area contributed by atoms with Gasteiger partial charge in [-0.05, 0) is 0 Å². The molecule has 3 heteroatoms. The number of unbranched alkanes of at least 4 members (excludes halogenated alkanes) is 2. The molecule has 0 saturated carbocycles. The molecule has 22 heavy (non-hydrogen) atoms. The van der Waals surface area contributed by atoms with Crippen LogP contribution in [0.5, 0.6) is 0 Å². The first kappa shape index (κ1) is 19.4. The molecule has 0 N–H and O–H groups in total. The summed E-state index contributed by atoms with van der Waals surface area (Å²) < 4.78 is 6.32. The van der Waals surface area contributed by atoms with Gasteiger partial charge >= 0.3 is 139 Å². The van der Waals surface area contributed by atoms with Crippen molar-refractivity contribution in [3.8, 4) is 0 Å². The van der Waals surface area contributed by atoms with Crippen molar-refractivity contribution in [3.63, 3.8) is 0 Å². The summed E-state index contributed by atoms with van der Waals surface area (Å²) in [7, 11) is 0. The van der Waals surface area contributed by atoms with E-state index < -0.39 is 13.3 Å². The second kappa shape index (κ2) is 9.51. The van der Waals surface area contributed by atoms with E-state index in [1.165, 1.54) is 19.3 Å². The van der Waals surface area contributed by atoms with Crippen LogP contribution in [0.1, 0.15) is 56.3 Å². The van der Waals surface area contributed by atoms with Gasteiger partial charge in [0.05, 0.1) is 0 Å². The van der Waals surface area contributed by atoms with E-state index in [1.54, 1.807) is 0 Å². The van der Waals surface area contributed by atoms with Crippen LogP contribution in [0, 0.1) is 0 Å². The number of ether oxygens (including phenoxy) is 1. The minimum absolute atomic E-state index is 0.00387. The Balaban J connectivity index is 2.55. The summed E-state index contributed by atoms with van der Waals surface area (Å²) in [6.45, 7) is 4.27. The maximum absolute atomic E-state index is 12.3. The van der Waals surface area contributed by atoms with Gasteiger partial charge in [-0.15, -0.1) is 0 Å². The molecule has 0 aliphatic rings. The molecule has 124 valence electrons. The van der Waals surface area contributed by atoms with Crippen LogP contribution in [0.3, 0.4) is 0 Å². The van der Waals surface area contributed by atoms with Crippen LogP contribution in [-0.4, -0.2) is 30.1 Å². The molecule has 0 radical (unpaired) electrons. The fourth-order valence-electron chi connectivity index (χ4n) is 2.62. The first-order chi connectivity index (χ1) is 10.3. The van der Waals surface area contributed by atoms with E-state index in [0.29, 0.717) is 11.4 Å².